The van der Waals surface area contributed by atoms with E-state index in [0.29, 0.717) is 32.7 Å². The minimum atomic E-state index is -0.172. The molecule has 0 radical (unpaired) electrons. The van der Waals surface area contributed by atoms with Crippen LogP contribution in [0.1, 0.15) is 12.5 Å². The smallest absolute Gasteiger partial charge is 0.224 e. The molecule has 0 aliphatic heterocycles. The Kier molecular flexibility index (Phi) is 7.06. The van der Waals surface area contributed by atoms with Crippen LogP contribution in [-0.2, 0) is 16.0 Å². The number of hydrogen-bond acceptors (Lipinski definition) is 3. The van der Waals surface area contributed by atoms with Gasteiger partial charge in [-0.05, 0) is 18.9 Å². The predicted octanol–water partition coefficient (Wildman–Crippen LogP) is 0.957. The molecule has 4 nitrogen and oxygen atoms in total. The number of ether oxygens (including phenoxy) is 1. The number of nitrogens with one attached hydrogen (secondary N) is 1. The molecule has 0 fully saturated rings. The van der Waals surface area contributed by atoms with Gasteiger partial charge in [0.1, 0.15) is 0 Å². The van der Waals surface area contributed by atoms with Gasteiger partial charge in [-0.25, -0.2) is 0 Å². The summed E-state index contributed by atoms with van der Waals surface area (Å²) in [7, 11) is 0. The SMILES string of the molecule is CCOCCNC(=O)C(CN)Cc1ccccc1. The number of benzene rings is 1. The van der Waals surface area contributed by atoms with Crippen LogP contribution in [-0.4, -0.2) is 32.2 Å². The highest BCUT2D eigenvalue weighted by Gasteiger charge is 2.16. The van der Waals surface area contributed by atoms with E-state index >= 15 is 0 Å². The van der Waals surface area contributed by atoms with Crippen molar-refractivity contribution in [3.8, 4) is 0 Å². The second kappa shape index (κ2) is 8.66. The van der Waals surface area contributed by atoms with Crippen molar-refractivity contribution in [1.82, 2.24) is 5.32 Å². The molecule has 1 rings (SSSR count). The average Bonchev–Trinajstić information content (AvgIpc) is 2.42. The highest BCUT2D eigenvalue weighted by molar-refractivity contribution is 5.79. The minimum absolute atomic E-state index is 0.000978. The summed E-state index contributed by atoms with van der Waals surface area (Å²) < 4.78 is 5.17. The van der Waals surface area contributed by atoms with Crippen LogP contribution in [0.15, 0.2) is 30.3 Å². The molecule has 100 valence electrons. The van der Waals surface area contributed by atoms with E-state index in [1.807, 2.05) is 37.3 Å². The Balaban J connectivity index is 2.38. The standard InChI is InChI=1S/C14H22N2O2/c1-2-18-9-8-16-14(17)13(11-15)10-12-6-4-3-5-7-12/h3-7,13H,2,8-11,15H2,1H3,(H,16,17). The molecule has 0 aromatic heterocycles. The number of hydrogen-bond donors (Lipinski definition) is 2. The first-order valence-electron chi connectivity index (χ1n) is 6.37. The van der Waals surface area contributed by atoms with Crippen molar-refractivity contribution in [2.24, 2.45) is 11.7 Å². The molecule has 1 atom stereocenters. The fourth-order valence-corrected chi connectivity index (χ4v) is 1.72. The molecule has 0 saturated carbocycles. The van der Waals surface area contributed by atoms with E-state index in [2.05, 4.69) is 5.32 Å². The fourth-order valence-electron chi connectivity index (χ4n) is 1.72. The number of amides is 1. The summed E-state index contributed by atoms with van der Waals surface area (Å²) in [6, 6.07) is 9.92. The molecule has 18 heavy (non-hydrogen) atoms. The lowest BCUT2D eigenvalue weighted by atomic mass is 9.98. The summed E-state index contributed by atoms with van der Waals surface area (Å²) in [5, 5.41) is 2.84. The van der Waals surface area contributed by atoms with Crippen LogP contribution in [0, 0.1) is 5.92 Å². The van der Waals surface area contributed by atoms with Crippen LogP contribution in [0.2, 0.25) is 0 Å². The van der Waals surface area contributed by atoms with Gasteiger partial charge in [0.15, 0.2) is 0 Å². The summed E-state index contributed by atoms with van der Waals surface area (Å²) in [5.41, 5.74) is 6.79. The highest BCUT2D eigenvalue weighted by atomic mass is 16.5. The van der Waals surface area contributed by atoms with Crippen molar-refractivity contribution in [2.75, 3.05) is 26.3 Å². The molecule has 0 saturated heterocycles. The van der Waals surface area contributed by atoms with Gasteiger partial charge in [-0.1, -0.05) is 30.3 Å². The Morgan fingerprint density at radius 3 is 2.72 bits per heavy atom. The maximum absolute atomic E-state index is 11.9. The lowest BCUT2D eigenvalue weighted by molar-refractivity contribution is -0.124. The summed E-state index contributed by atoms with van der Waals surface area (Å²) >= 11 is 0. The normalized spacial score (nSPS) is 12.1. The van der Waals surface area contributed by atoms with Gasteiger partial charge in [0, 0.05) is 19.7 Å². The molecule has 0 aliphatic carbocycles. The Bertz CT molecular complexity index is 341. The van der Waals surface area contributed by atoms with Gasteiger partial charge in [0.05, 0.1) is 12.5 Å². The average molecular weight is 250 g/mol. The van der Waals surface area contributed by atoms with Gasteiger partial charge in [-0.2, -0.15) is 0 Å². The third-order valence-corrected chi connectivity index (χ3v) is 2.73. The van der Waals surface area contributed by atoms with Crippen LogP contribution in [0.3, 0.4) is 0 Å². The van der Waals surface area contributed by atoms with Crippen molar-refractivity contribution in [1.29, 1.82) is 0 Å². The largest absolute Gasteiger partial charge is 0.380 e. The third-order valence-electron chi connectivity index (χ3n) is 2.73. The van der Waals surface area contributed by atoms with Crippen molar-refractivity contribution in [3.05, 3.63) is 35.9 Å². The summed E-state index contributed by atoms with van der Waals surface area (Å²) in [4.78, 5) is 11.9. The maximum atomic E-state index is 11.9. The van der Waals surface area contributed by atoms with Gasteiger partial charge < -0.3 is 15.8 Å². The van der Waals surface area contributed by atoms with Gasteiger partial charge in [-0.15, -0.1) is 0 Å². The van der Waals surface area contributed by atoms with Gasteiger partial charge in [0.25, 0.3) is 0 Å². The minimum Gasteiger partial charge on any atom is -0.380 e. The Morgan fingerprint density at radius 2 is 2.11 bits per heavy atom. The first-order valence-corrected chi connectivity index (χ1v) is 6.37. The van der Waals surface area contributed by atoms with Gasteiger partial charge >= 0.3 is 0 Å². The van der Waals surface area contributed by atoms with Crippen LogP contribution in [0.25, 0.3) is 0 Å². The predicted molar refractivity (Wildman–Crippen MR) is 72.2 cm³/mol. The zero-order chi connectivity index (χ0) is 13.2. The number of rotatable bonds is 8. The molecule has 1 unspecified atom stereocenters. The van der Waals surface area contributed by atoms with E-state index in [1.54, 1.807) is 0 Å². The lowest BCUT2D eigenvalue weighted by Gasteiger charge is -2.15. The molecular formula is C14H22N2O2. The van der Waals surface area contributed by atoms with Crippen molar-refractivity contribution < 1.29 is 9.53 Å². The van der Waals surface area contributed by atoms with Gasteiger partial charge in [0.2, 0.25) is 5.91 Å². The summed E-state index contributed by atoms with van der Waals surface area (Å²) in [6.07, 6.45) is 0.678. The zero-order valence-electron chi connectivity index (χ0n) is 10.9. The summed E-state index contributed by atoms with van der Waals surface area (Å²) in [5.74, 6) is -0.171. The zero-order valence-corrected chi connectivity index (χ0v) is 10.9. The number of carbonyl (C=O) groups excluding carboxylic acids is 1. The number of carbonyl (C=O) groups is 1. The van der Waals surface area contributed by atoms with Crippen molar-refractivity contribution >= 4 is 5.91 Å². The Labute approximate surface area is 109 Å². The van der Waals surface area contributed by atoms with E-state index in [4.69, 9.17) is 10.5 Å². The first-order chi connectivity index (χ1) is 8.77. The third kappa shape index (κ3) is 5.29. The van der Waals surface area contributed by atoms with E-state index in [0.717, 1.165) is 5.56 Å². The van der Waals surface area contributed by atoms with Crippen molar-refractivity contribution in [2.45, 2.75) is 13.3 Å². The molecule has 1 aromatic rings. The maximum Gasteiger partial charge on any atom is 0.224 e. The van der Waals surface area contributed by atoms with E-state index in [1.165, 1.54) is 0 Å². The second-order valence-corrected chi connectivity index (χ2v) is 4.11. The van der Waals surface area contributed by atoms with Gasteiger partial charge in [-0.3, -0.25) is 4.79 Å². The molecule has 1 amide bonds. The second-order valence-electron chi connectivity index (χ2n) is 4.11. The van der Waals surface area contributed by atoms with Crippen LogP contribution >= 0.6 is 0 Å². The Morgan fingerprint density at radius 1 is 1.39 bits per heavy atom. The lowest BCUT2D eigenvalue weighted by Crippen LogP contribution is -2.37. The molecule has 0 bridgehead atoms. The molecular weight excluding hydrogens is 228 g/mol. The number of nitrogens with two attached hydrogens (primary N) is 1. The fraction of sp³-hybridized carbons (Fsp3) is 0.500. The van der Waals surface area contributed by atoms with E-state index < -0.39 is 0 Å². The van der Waals surface area contributed by atoms with Crippen LogP contribution in [0.4, 0.5) is 0 Å². The summed E-state index contributed by atoms with van der Waals surface area (Å²) in [6.45, 7) is 4.04. The monoisotopic (exact) mass is 250 g/mol. The Hall–Kier alpha value is -1.39. The quantitative estimate of drug-likeness (QED) is 0.675. The van der Waals surface area contributed by atoms with E-state index in [-0.39, 0.29) is 11.8 Å². The molecule has 0 spiro atoms. The van der Waals surface area contributed by atoms with E-state index in [9.17, 15) is 4.79 Å². The molecule has 1 aromatic carbocycles. The molecule has 0 heterocycles. The molecule has 4 heteroatoms. The first kappa shape index (κ1) is 14.7. The van der Waals surface area contributed by atoms with Crippen LogP contribution < -0.4 is 11.1 Å². The van der Waals surface area contributed by atoms with Crippen LogP contribution in [0.5, 0.6) is 0 Å². The molecule has 0 aliphatic rings. The highest BCUT2D eigenvalue weighted by Crippen LogP contribution is 2.07. The topological polar surface area (TPSA) is 64.3 Å². The van der Waals surface area contributed by atoms with Crippen molar-refractivity contribution in [3.63, 3.8) is 0 Å². The molecule has 3 N–H and O–H groups in total.